The number of nitrogens with zero attached hydrogens (tertiary/aromatic N) is 2. The summed E-state index contributed by atoms with van der Waals surface area (Å²) in [5.41, 5.74) is 3.53. The Bertz CT molecular complexity index is 772. The monoisotopic (exact) mass is 265 g/mol. The molecule has 0 saturated heterocycles. The number of hydrogen-bond acceptors (Lipinski definition) is 2. The van der Waals surface area contributed by atoms with E-state index in [9.17, 15) is 4.79 Å². The number of rotatable bonds is 2. The first kappa shape index (κ1) is 12.4. The van der Waals surface area contributed by atoms with Crippen LogP contribution in [0.15, 0.2) is 48.8 Å². The van der Waals surface area contributed by atoms with Crippen molar-refractivity contribution in [1.29, 1.82) is 0 Å². The van der Waals surface area contributed by atoms with Gasteiger partial charge in [0.15, 0.2) is 0 Å². The summed E-state index contributed by atoms with van der Waals surface area (Å²) in [5.74, 6) is -0.118. The van der Waals surface area contributed by atoms with Gasteiger partial charge >= 0.3 is 0 Å². The van der Waals surface area contributed by atoms with E-state index in [2.05, 4.69) is 10.3 Å². The Morgan fingerprint density at radius 3 is 2.65 bits per heavy atom. The van der Waals surface area contributed by atoms with Gasteiger partial charge in [-0.1, -0.05) is 17.7 Å². The lowest BCUT2D eigenvalue weighted by Crippen LogP contribution is -2.15. The van der Waals surface area contributed by atoms with Crippen LogP contribution >= 0.6 is 0 Å². The molecule has 4 nitrogen and oxygen atoms in total. The number of carbonyl (C=O) groups is 1. The minimum Gasteiger partial charge on any atom is -0.338 e. The van der Waals surface area contributed by atoms with E-state index in [0.717, 1.165) is 16.6 Å². The smallest absolute Gasteiger partial charge is 0.272 e. The molecule has 4 heteroatoms. The Hall–Kier alpha value is -2.62. The molecule has 0 atom stereocenters. The van der Waals surface area contributed by atoms with Crippen molar-refractivity contribution in [2.24, 2.45) is 7.05 Å². The van der Waals surface area contributed by atoms with E-state index in [-0.39, 0.29) is 5.91 Å². The van der Waals surface area contributed by atoms with Gasteiger partial charge in [0, 0.05) is 24.3 Å². The van der Waals surface area contributed by atoms with Crippen LogP contribution in [0.1, 0.15) is 16.1 Å². The van der Waals surface area contributed by atoms with Crippen LogP contribution in [0.5, 0.6) is 0 Å². The first-order chi connectivity index (χ1) is 9.65. The molecule has 0 aliphatic rings. The highest BCUT2D eigenvalue weighted by Gasteiger charge is 2.13. The minimum atomic E-state index is -0.118. The van der Waals surface area contributed by atoms with Gasteiger partial charge in [-0.05, 0) is 31.2 Å². The molecule has 2 aromatic heterocycles. The second-order valence-electron chi connectivity index (χ2n) is 4.84. The maximum atomic E-state index is 12.3. The quantitative estimate of drug-likeness (QED) is 0.773. The molecule has 1 N–H and O–H groups in total. The van der Waals surface area contributed by atoms with Gasteiger partial charge < -0.3 is 9.88 Å². The van der Waals surface area contributed by atoms with Crippen molar-refractivity contribution in [1.82, 2.24) is 9.55 Å². The summed E-state index contributed by atoms with van der Waals surface area (Å²) in [5, 5.41) is 3.92. The van der Waals surface area contributed by atoms with Gasteiger partial charge in [-0.2, -0.15) is 0 Å². The average Bonchev–Trinajstić information content (AvgIpc) is 2.79. The van der Waals surface area contributed by atoms with E-state index < -0.39 is 0 Å². The number of amides is 1. The number of aryl methyl sites for hydroxylation is 2. The predicted octanol–water partition coefficient (Wildman–Crippen LogP) is 3.13. The summed E-state index contributed by atoms with van der Waals surface area (Å²) in [6.07, 6.45) is 3.49. The maximum Gasteiger partial charge on any atom is 0.272 e. The van der Waals surface area contributed by atoms with Crippen molar-refractivity contribution in [3.63, 3.8) is 0 Å². The Morgan fingerprint density at radius 1 is 1.20 bits per heavy atom. The fourth-order valence-corrected chi connectivity index (χ4v) is 2.22. The van der Waals surface area contributed by atoms with Crippen molar-refractivity contribution in [3.05, 3.63) is 60.0 Å². The van der Waals surface area contributed by atoms with E-state index in [4.69, 9.17) is 0 Å². The standard InChI is InChI=1S/C16H15N3O/c1-11-3-5-13(6-4-11)18-16(20)14-9-12-7-8-17-10-15(12)19(14)2/h3-10H,1-2H3,(H,18,20). The van der Waals surface area contributed by atoms with Gasteiger partial charge in [-0.3, -0.25) is 9.78 Å². The van der Waals surface area contributed by atoms with E-state index >= 15 is 0 Å². The summed E-state index contributed by atoms with van der Waals surface area (Å²) >= 11 is 0. The third-order valence-electron chi connectivity index (χ3n) is 3.39. The second-order valence-corrected chi connectivity index (χ2v) is 4.84. The van der Waals surface area contributed by atoms with Crippen LogP contribution in [0, 0.1) is 6.92 Å². The van der Waals surface area contributed by atoms with Crippen molar-refractivity contribution < 1.29 is 4.79 Å². The fourth-order valence-electron chi connectivity index (χ4n) is 2.22. The van der Waals surface area contributed by atoms with Gasteiger partial charge in [0.25, 0.3) is 5.91 Å². The summed E-state index contributed by atoms with van der Waals surface area (Å²) in [6.45, 7) is 2.02. The van der Waals surface area contributed by atoms with E-state index in [0.29, 0.717) is 5.69 Å². The number of aromatic nitrogens is 2. The number of pyridine rings is 1. The first-order valence-electron chi connectivity index (χ1n) is 6.42. The number of hydrogen-bond donors (Lipinski definition) is 1. The molecule has 100 valence electrons. The molecule has 3 rings (SSSR count). The molecule has 1 aromatic carbocycles. The van der Waals surface area contributed by atoms with E-state index in [1.807, 2.05) is 54.9 Å². The maximum absolute atomic E-state index is 12.3. The fraction of sp³-hybridized carbons (Fsp3) is 0.125. The molecule has 0 fully saturated rings. The third-order valence-corrected chi connectivity index (χ3v) is 3.39. The zero-order valence-corrected chi connectivity index (χ0v) is 11.4. The minimum absolute atomic E-state index is 0.118. The molecular formula is C16H15N3O. The Kier molecular flexibility index (Phi) is 2.99. The predicted molar refractivity (Wildman–Crippen MR) is 79.8 cm³/mol. The Morgan fingerprint density at radius 2 is 1.95 bits per heavy atom. The lowest BCUT2D eigenvalue weighted by atomic mass is 10.2. The normalized spacial score (nSPS) is 10.7. The van der Waals surface area contributed by atoms with Gasteiger partial charge in [0.1, 0.15) is 5.69 Å². The van der Waals surface area contributed by atoms with Gasteiger partial charge in [0.2, 0.25) is 0 Å². The molecule has 0 unspecified atom stereocenters. The van der Waals surface area contributed by atoms with Gasteiger partial charge in [-0.15, -0.1) is 0 Å². The number of carbonyl (C=O) groups excluding carboxylic acids is 1. The van der Waals surface area contributed by atoms with Crippen LogP contribution in [-0.4, -0.2) is 15.5 Å². The Labute approximate surface area is 117 Å². The lowest BCUT2D eigenvalue weighted by Gasteiger charge is -2.06. The molecule has 1 amide bonds. The molecular weight excluding hydrogens is 250 g/mol. The van der Waals surface area contributed by atoms with Crippen LogP contribution in [0.4, 0.5) is 5.69 Å². The van der Waals surface area contributed by atoms with E-state index in [1.165, 1.54) is 5.56 Å². The largest absolute Gasteiger partial charge is 0.338 e. The molecule has 0 saturated carbocycles. The molecule has 20 heavy (non-hydrogen) atoms. The first-order valence-corrected chi connectivity index (χ1v) is 6.42. The van der Waals surface area contributed by atoms with Crippen molar-refractivity contribution in [2.75, 3.05) is 5.32 Å². The molecule has 0 aliphatic heterocycles. The summed E-state index contributed by atoms with van der Waals surface area (Å²) in [4.78, 5) is 16.4. The third kappa shape index (κ3) is 2.16. The molecule has 0 bridgehead atoms. The van der Waals surface area contributed by atoms with Crippen molar-refractivity contribution >= 4 is 22.5 Å². The summed E-state index contributed by atoms with van der Waals surface area (Å²) < 4.78 is 1.85. The summed E-state index contributed by atoms with van der Waals surface area (Å²) in [6, 6.07) is 11.5. The zero-order valence-electron chi connectivity index (χ0n) is 11.4. The number of fused-ring (bicyclic) bond motifs is 1. The highest BCUT2D eigenvalue weighted by Crippen LogP contribution is 2.18. The zero-order chi connectivity index (χ0) is 14.1. The molecule has 3 aromatic rings. The van der Waals surface area contributed by atoms with Crippen LogP contribution in [-0.2, 0) is 7.05 Å². The molecule has 2 heterocycles. The molecule has 0 radical (unpaired) electrons. The molecule has 0 aliphatic carbocycles. The number of anilines is 1. The van der Waals surface area contributed by atoms with Crippen LogP contribution < -0.4 is 5.32 Å². The second kappa shape index (κ2) is 4.81. The SMILES string of the molecule is Cc1ccc(NC(=O)c2cc3ccncc3n2C)cc1. The van der Waals surface area contributed by atoms with Gasteiger partial charge in [-0.25, -0.2) is 0 Å². The van der Waals surface area contributed by atoms with Crippen molar-refractivity contribution in [2.45, 2.75) is 6.92 Å². The average molecular weight is 265 g/mol. The van der Waals surface area contributed by atoms with Gasteiger partial charge in [0.05, 0.1) is 11.7 Å². The lowest BCUT2D eigenvalue weighted by molar-refractivity contribution is 0.102. The number of nitrogens with one attached hydrogen (secondary N) is 1. The topological polar surface area (TPSA) is 46.9 Å². The van der Waals surface area contributed by atoms with Crippen molar-refractivity contribution in [3.8, 4) is 0 Å². The summed E-state index contributed by atoms with van der Waals surface area (Å²) in [7, 11) is 1.87. The molecule has 0 spiro atoms. The van der Waals surface area contributed by atoms with Crippen LogP contribution in [0.3, 0.4) is 0 Å². The number of benzene rings is 1. The Balaban J connectivity index is 1.92. The van der Waals surface area contributed by atoms with E-state index in [1.54, 1.807) is 12.4 Å². The highest BCUT2D eigenvalue weighted by molar-refractivity contribution is 6.06. The van der Waals surface area contributed by atoms with Crippen LogP contribution in [0.25, 0.3) is 10.9 Å². The van der Waals surface area contributed by atoms with Crippen LogP contribution in [0.2, 0.25) is 0 Å². The highest BCUT2D eigenvalue weighted by atomic mass is 16.1.